The second-order valence-corrected chi connectivity index (χ2v) is 3.94. The molecule has 6 nitrogen and oxygen atoms in total. The van der Waals surface area contributed by atoms with Gasteiger partial charge < -0.3 is 15.4 Å². The van der Waals surface area contributed by atoms with E-state index in [-0.39, 0.29) is 12.1 Å². The molecule has 1 aromatic rings. The number of aromatic nitrogens is 2. The van der Waals surface area contributed by atoms with E-state index >= 15 is 0 Å². The summed E-state index contributed by atoms with van der Waals surface area (Å²) in [5.74, 6) is 0. The normalized spacial score (nSPS) is 19.6. The van der Waals surface area contributed by atoms with Crippen LogP contribution in [-0.2, 0) is 11.3 Å². The summed E-state index contributed by atoms with van der Waals surface area (Å²) in [6.45, 7) is 1.77. The standard InChI is InChI=1S/C11H16N4O2/c16-11(15-9-2-1-5-17-8-9)14-7-10-6-12-3-4-13-10/h3-4,6,9H,1-2,5,7-8H2,(H2,14,15,16)/t9-/m1/s1. The van der Waals surface area contributed by atoms with E-state index < -0.39 is 0 Å². The summed E-state index contributed by atoms with van der Waals surface area (Å²) < 4.78 is 5.28. The lowest BCUT2D eigenvalue weighted by molar-refractivity contribution is 0.0732. The van der Waals surface area contributed by atoms with Gasteiger partial charge in [-0.25, -0.2) is 4.79 Å². The number of carbonyl (C=O) groups is 1. The third-order valence-corrected chi connectivity index (χ3v) is 2.54. The van der Waals surface area contributed by atoms with Gasteiger partial charge in [-0.2, -0.15) is 0 Å². The molecule has 0 aromatic carbocycles. The highest BCUT2D eigenvalue weighted by molar-refractivity contribution is 5.74. The molecule has 0 aliphatic carbocycles. The van der Waals surface area contributed by atoms with Crippen LogP contribution in [0.1, 0.15) is 18.5 Å². The minimum absolute atomic E-state index is 0.116. The summed E-state index contributed by atoms with van der Waals surface area (Å²) in [4.78, 5) is 19.6. The van der Waals surface area contributed by atoms with Crippen LogP contribution >= 0.6 is 0 Å². The van der Waals surface area contributed by atoms with E-state index in [1.54, 1.807) is 18.6 Å². The van der Waals surface area contributed by atoms with E-state index in [9.17, 15) is 4.79 Å². The van der Waals surface area contributed by atoms with Gasteiger partial charge in [-0.15, -0.1) is 0 Å². The molecule has 17 heavy (non-hydrogen) atoms. The third-order valence-electron chi connectivity index (χ3n) is 2.54. The molecule has 2 N–H and O–H groups in total. The fourth-order valence-corrected chi connectivity index (χ4v) is 1.68. The first kappa shape index (κ1) is 11.8. The second kappa shape index (κ2) is 6.15. The third kappa shape index (κ3) is 3.99. The fraction of sp³-hybridized carbons (Fsp3) is 0.545. The Morgan fingerprint density at radius 2 is 2.47 bits per heavy atom. The number of hydrogen-bond donors (Lipinski definition) is 2. The van der Waals surface area contributed by atoms with Gasteiger partial charge in [0.25, 0.3) is 0 Å². The molecule has 0 bridgehead atoms. The average molecular weight is 236 g/mol. The number of rotatable bonds is 3. The first-order valence-corrected chi connectivity index (χ1v) is 5.71. The van der Waals surface area contributed by atoms with Crippen LogP contribution in [0.5, 0.6) is 0 Å². The summed E-state index contributed by atoms with van der Waals surface area (Å²) in [6, 6.07) is -0.0724. The van der Waals surface area contributed by atoms with Gasteiger partial charge in [0.1, 0.15) is 0 Å². The van der Waals surface area contributed by atoms with E-state index in [1.807, 2.05) is 0 Å². The Labute approximate surface area is 99.8 Å². The summed E-state index contributed by atoms with van der Waals surface area (Å²) in [5.41, 5.74) is 0.738. The lowest BCUT2D eigenvalue weighted by atomic mass is 10.1. The van der Waals surface area contributed by atoms with Crippen molar-refractivity contribution in [1.29, 1.82) is 0 Å². The number of carbonyl (C=O) groups excluding carboxylic acids is 1. The average Bonchev–Trinajstić information content (AvgIpc) is 2.39. The van der Waals surface area contributed by atoms with E-state index in [4.69, 9.17) is 4.74 Å². The number of ether oxygens (including phenoxy) is 1. The molecule has 1 aromatic heterocycles. The minimum Gasteiger partial charge on any atom is -0.379 e. The zero-order chi connectivity index (χ0) is 11.9. The van der Waals surface area contributed by atoms with Crippen molar-refractivity contribution in [3.63, 3.8) is 0 Å². The van der Waals surface area contributed by atoms with Crippen LogP contribution in [0.15, 0.2) is 18.6 Å². The Morgan fingerprint density at radius 3 is 3.18 bits per heavy atom. The molecule has 1 fully saturated rings. The number of amides is 2. The molecular weight excluding hydrogens is 220 g/mol. The van der Waals surface area contributed by atoms with Crippen LogP contribution in [0.2, 0.25) is 0 Å². The Hall–Kier alpha value is -1.69. The van der Waals surface area contributed by atoms with Gasteiger partial charge in [-0.1, -0.05) is 0 Å². The molecular formula is C11H16N4O2. The highest BCUT2D eigenvalue weighted by Gasteiger charge is 2.15. The van der Waals surface area contributed by atoms with Gasteiger partial charge in [-0.3, -0.25) is 9.97 Å². The molecule has 0 saturated carbocycles. The Bertz CT molecular complexity index is 352. The molecule has 2 rings (SSSR count). The van der Waals surface area contributed by atoms with Gasteiger partial charge in [-0.05, 0) is 12.8 Å². The van der Waals surface area contributed by atoms with E-state index in [1.165, 1.54) is 0 Å². The maximum atomic E-state index is 11.6. The van der Waals surface area contributed by atoms with Crippen molar-refractivity contribution in [2.75, 3.05) is 13.2 Å². The summed E-state index contributed by atoms with van der Waals surface area (Å²) in [6.07, 6.45) is 6.80. The van der Waals surface area contributed by atoms with E-state index in [0.717, 1.165) is 25.1 Å². The monoisotopic (exact) mass is 236 g/mol. The topological polar surface area (TPSA) is 76.1 Å². The molecule has 0 radical (unpaired) electrons. The molecule has 1 aliphatic heterocycles. The summed E-state index contributed by atoms with van der Waals surface area (Å²) in [5, 5.41) is 5.60. The minimum atomic E-state index is -0.189. The second-order valence-electron chi connectivity index (χ2n) is 3.94. The molecule has 0 spiro atoms. The van der Waals surface area contributed by atoms with Crippen LogP contribution in [0.3, 0.4) is 0 Å². The Balaban J connectivity index is 1.70. The largest absolute Gasteiger partial charge is 0.379 e. The SMILES string of the molecule is O=C(NCc1cnccn1)N[C@@H]1CCCOC1. The van der Waals surface area contributed by atoms with Crippen LogP contribution < -0.4 is 10.6 Å². The van der Waals surface area contributed by atoms with Gasteiger partial charge in [0.15, 0.2) is 0 Å². The predicted molar refractivity (Wildman–Crippen MR) is 61.2 cm³/mol. The van der Waals surface area contributed by atoms with E-state index in [2.05, 4.69) is 20.6 Å². The number of urea groups is 1. The molecule has 2 heterocycles. The number of hydrogen-bond acceptors (Lipinski definition) is 4. The molecule has 92 valence electrons. The molecule has 2 amide bonds. The molecule has 1 atom stereocenters. The highest BCUT2D eigenvalue weighted by Crippen LogP contribution is 2.05. The van der Waals surface area contributed by atoms with Gasteiger partial charge in [0.2, 0.25) is 0 Å². The van der Waals surface area contributed by atoms with Crippen LogP contribution in [0, 0.1) is 0 Å². The van der Waals surface area contributed by atoms with Crippen molar-refractivity contribution in [1.82, 2.24) is 20.6 Å². The van der Waals surface area contributed by atoms with Crippen molar-refractivity contribution in [2.24, 2.45) is 0 Å². The first-order chi connectivity index (χ1) is 8.34. The Kier molecular flexibility index (Phi) is 4.26. The lowest BCUT2D eigenvalue weighted by Crippen LogP contribution is -2.45. The van der Waals surface area contributed by atoms with Gasteiger partial charge in [0, 0.05) is 19.0 Å². The van der Waals surface area contributed by atoms with Crippen LogP contribution in [0.4, 0.5) is 4.79 Å². The van der Waals surface area contributed by atoms with Crippen molar-refractivity contribution in [3.8, 4) is 0 Å². The summed E-state index contributed by atoms with van der Waals surface area (Å²) in [7, 11) is 0. The molecule has 1 aliphatic rings. The quantitative estimate of drug-likeness (QED) is 0.799. The van der Waals surface area contributed by atoms with Crippen LogP contribution in [0.25, 0.3) is 0 Å². The molecule has 1 saturated heterocycles. The fourth-order valence-electron chi connectivity index (χ4n) is 1.68. The maximum Gasteiger partial charge on any atom is 0.315 e. The van der Waals surface area contributed by atoms with Crippen molar-refractivity contribution < 1.29 is 9.53 Å². The highest BCUT2D eigenvalue weighted by atomic mass is 16.5. The zero-order valence-electron chi connectivity index (χ0n) is 9.56. The maximum absolute atomic E-state index is 11.6. The van der Waals surface area contributed by atoms with Crippen molar-refractivity contribution in [2.45, 2.75) is 25.4 Å². The van der Waals surface area contributed by atoms with Crippen molar-refractivity contribution >= 4 is 6.03 Å². The molecule has 0 unspecified atom stereocenters. The van der Waals surface area contributed by atoms with Crippen molar-refractivity contribution in [3.05, 3.63) is 24.3 Å². The predicted octanol–water partition coefficient (Wildman–Crippen LogP) is 0.455. The summed E-state index contributed by atoms with van der Waals surface area (Å²) >= 11 is 0. The van der Waals surface area contributed by atoms with Gasteiger partial charge >= 0.3 is 6.03 Å². The number of nitrogens with one attached hydrogen (secondary N) is 2. The number of nitrogens with zero attached hydrogens (tertiary/aromatic N) is 2. The van der Waals surface area contributed by atoms with Gasteiger partial charge in [0.05, 0.1) is 31.1 Å². The first-order valence-electron chi connectivity index (χ1n) is 5.71. The van der Waals surface area contributed by atoms with Crippen LogP contribution in [-0.4, -0.2) is 35.3 Å². The van der Waals surface area contributed by atoms with E-state index in [0.29, 0.717) is 13.2 Å². The molecule has 6 heteroatoms. The smallest absolute Gasteiger partial charge is 0.315 e. The lowest BCUT2D eigenvalue weighted by Gasteiger charge is -2.23. The zero-order valence-corrected chi connectivity index (χ0v) is 9.56. The Morgan fingerprint density at radius 1 is 1.53 bits per heavy atom.